The molecule has 0 radical (unpaired) electrons. The number of carbonyl (C=O) groups is 1. The predicted octanol–water partition coefficient (Wildman–Crippen LogP) is 1.28. The van der Waals surface area contributed by atoms with Gasteiger partial charge in [0.1, 0.15) is 0 Å². The van der Waals surface area contributed by atoms with Crippen molar-refractivity contribution in [3.8, 4) is 11.8 Å². The summed E-state index contributed by atoms with van der Waals surface area (Å²) in [6.45, 7) is 6.78. The van der Waals surface area contributed by atoms with Crippen molar-refractivity contribution in [3.05, 3.63) is 0 Å². The number of ether oxygens (including phenoxy) is 1. The molecule has 0 aliphatic carbocycles. The molecular formula is C12H19NO2. The lowest BCUT2D eigenvalue weighted by Crippen LogP contribution is -2.39. The summed E-state index contributed by atoms with van der Waals surface area (Å²) in [6, 6.07) is 0. The van der Waals surface area contributed by atoms with Crippen LogP contribution in [-0.4, -0.2) is 37.1 Å². The highest BCUT2D eigenvalue weighted by Gasteiger charge is 2.26. The van der Waals surface area contributed by atoms with Gasteiger partial charge in [0.15, 0.2) is 0 Å². The molecular weight excluding hydrogens is 190 g/mol. The van der Waals surface area contributed by atoms with Crippen LogP contribution in [0.4, 0.5) is 0 Å². The molecule has 0 spiro atoms. The van der Waals surface area contributed by atoms with Gasteiger partial charge in [-0.1, -0.05) is 5.92 Å². The molecule has 0 aromatic heterocycles. The Morgan fingerprint density at radius 3 is 3.07 bits per heavy atom. The van der Waals surface area contributed by atoms with Gasteiger partial charge in [0.05, 0.1) is 19.1 Å². The monoisotopic (exact) mass is 209 g/mol. The molecule has 1 unspecified atom stereocenters. The molecule has 3 nitrogen and oxygen atoms in total. The van der Waals surface area contributed by atoms with Crippen LogP contribution < -0.4 is 0 Å². The van der Waals surface area contributed by atoms with Gasteiger partial charge < -0.3 is 4.74 Å². The minimum absolute atomic E-state index is 0.0494. The zero-order valence-corrected chi connectivity index (χ0v) is 9.58. The second-order valence-corrected chi connectivity index (χ2v) is 3.75. The number of carbonyl (C=O) groups excluding carboxylic acids is 1. The highest BCUT2D eigenvalue weighted by Crippen LogP contribution is 2.17. The smallest absolute Gasteiger partial charge is 0.310 e. The molecule has 1 aliphatic rings. The number of piperidine rings is 1. The van der Waals surface area contributed by atoms with E-state index < -0.39 is 0 Å². The van der Waals surface area contributed by atoms with Crippen LogP contribution in [0.3, 0.4) is 0 Å². The molecule has 1 fully saturated rings. The lowest BCUT2D eigenvalue weighted by Gasteiger charge is -2.29. The van der Waals surface area contributed by atoms with Crippen LogP contribution in [0.25, 0.3) is 0 Å². The lowest BCUT2D eigenvalue weighted by molar-refractivity contribution is -0.149. The van der Waals surface area contributed by atoms with Gasteiger partial charge >= 0.3 is 5.97 Å². The third-order valence-corrected chi connectivity index (χ3v) is 2.60. The van der Waals surface area contributed by atoms with Gasteiger partial charge in [0, 0.05) is 6.54 Å². The van der Waals surface area contributed by atoms with E-state index in [9.17, 15) is 4.79 Å². The van der Waals surface area contributed by atoms with Crippen LogP contribution in [0.5, 0.6) is 0 Å². The highest BCUT2D eigenvalue weighted by atomic mass is 16.5. The van der Waals surface area contributed by atoms with Crippen LogP contribution >= 0.6 is 0 Å². The van der Waals surface area contributed by atoms with Crippen molar-refractivity contribution < 1.29 is 9.53 Å². The Kier molecular flexibility index (Phi) is 5.20. The minimum atomic E-state index is -0.0494. The fourth-order valence-corrected chi connectivity index (χ4v) is 1.84. The van der Waals surface area contributed by atoms with Crippen LogP contribution in [-0.2, 0) is 9.53 Å². The van der Waals surface area contributed by atoms with Gasteiger partial charge in [-0.15, -0.1) is 5.92 Å². The summed E-state index contributed by atoms with van der Waals surface area (Å²) < 4.78 is 5.03. The molecule has 0 aromatic carbocycles. The Hall–Kier alpha value is -1.01. The molecule has 1 atom stereocenters. The van der Waals surface area contributed by atoms with E-state index in [4.69, 9.17) is 4.74 Å². The predicted molar refractivity (Wildman–Crippen MR) is 59.2 cm³/mol. The SMILES string of the molecule is CC#CCN1CCCC(C(=O)OCC)C1. The fourth-order valence-electron chi connectivity index (χ4n) is 1.84. The molecule has 1 aliphatic heterocycles. The molecule has 3 heteroatoms. The van der Waals surface area contributed by atoms with Crippen molar-refractivity contribution in [2.75, 3.05) is 26.2 Å². The molecule has 1 saturated heterocycles. The number of likely N-dealkylation sites (tertiary alicyclic amines) is 1. The highest BCUT2D eigenvalue weighted by molar-refractivity contribution is 5.72. The zero-order valence-electron chi connectivity index (χ0n) is 9.58. The number of nitrogens with zero attached hydrogens (tertiary/aromatic N) is 1. The Balaban J connectivity index is 2.40. The molecule has 1 heterocycles. The number of hydrogen-bond acceptors (Lipinski definition) is 3. The first-order valence-electron chi connectivity index (χ1n) is 5.56. The first-order chi connectivity index (χ1) is 7.27. The summed E-state index contributed by atoms with van der Waals surface area (Å²) in [5, 5.41) is 0. The molecule has 1 rings (SSSR count). The van der Waals surface area contributed by atoms with E-state index in [-0.39, 0.29) is 11.9 Å². The van der Waals surface area contributed by atoms with Crippen LogP contribution in [0.1, 0.15) is 26.7 Å². The van der Waals surface area contributed by atoms with Crippen LogP contribution in [0.2, 0.25) is 0 Å². The van der Waals surface area contributed by atoms with Gasteiger partial charge in [0.25, 0.3) is 0 Å². The molecule has 0 aromatic rings. The van der Waals surface area contributed by atoms with E-state index in [0.29, 0.717) is 6.61 Å². The van der Waals surface area contributed by atoms with Crippen molar-refractivity contribution in [1.82, 2.24) is 4.90 Å². The zero-order chi connectivity index (χ0) is 11.1. The fraction of sp³-hybridized carbons (Fsp3) is 0.750. The van der Waals surface area contributed by atoms with Crippen LogP contribution in [0.15, 0.2) is 0 Å². The topological polar surface area (TPSA) is 29.5 Å². The Morgan fingerprint density at radius 2 is 2.40 bits per heavy atom. The van der Waals surface area contributed by atoms with Crippen molar-refractivity contribution in [2.24, 2.45) is 5.92 Å². The van der Waals surface area contributed by atoms with Crippen molar-refractivity contribution >= 4 is 5.97 Å². The summed E-state index contributed by atoms with van der Waals surface area (Å²) in [4.78, 5) is 13.8. The molecule has 0 saturated carbocycles. The average Bonchev–Trinajstić information content (AvgIpc) is 2.27. The number of rotatable bonds is 3. The normalized spacial score (nSPS) is 21.6. The van der Waals surface area contributed by atoms with Gasteiger partial charge in [-0.05, 0) is 33.2 Å². The summed E-state index contributed by atoms with van der Waals surface area (Å²) >= 11 is 0. The van der Waals surface area contributed by atoms with Crippen LogP contribution in [0, 0.1) is 17.8 Å². The maximum absolute atomic E-state index is 11.5. The molecule has 0 N–H and O–H groups in total. The summed E-state index contributed by atoms with van der Waals surface area (Å²) in [5.41, 5.74) is 0. The third-order valence-electron chi connectivity index (χ3n) is 2.60. The summed E-state index contributed by atoms with van der Waals surface area (Å²) in [7, 11) is 0. The molecule has 15 heavy (non-hydrogen) atoms. The van der Waals surface area contributed by atoms with E-state index in [1.165, 1.54) is 0 Å². The van der Waals surface area contributed by atoms with E-state index >= 15 is 0 Å². The quantitative estimate of drug-likeness (QED) is 0.518. The Bertz CT molecular complexity index is 265. The third kappa shape index (κ3) is 3.93. The molecule has 0 amide bonds. The average molecular weight is 209 g/mol. The maximum atomic E-state index is 11.5. The molecule has 0 bridgehead atoms. The van der Waals surface area contributed by atoms with E-state index in [2.05, 4.69) is 16.7 Å². The second kappa shape index (κ2) is 6.47. The van der Waals surface area contributed by atoms with Gasteiger partial charge in [-0.2, -0.15) is 0 Å². The van der Waals surface area contributed by atoms with Crippen molar-refractivity contribution in [1.29, 1.82) is 0 Å². The Labute approximate surface area is 91.8 Å². The van der Waals surface area contributed by atoms with E-state index in [0.717, 1.165) is 32.5 Å². The Morgan fingerprint density at radius 1 is 1.60 bits per heavy atom. The first-order valence-corrected chi connectivity index (χ1v) is 5.56. The van der Waals surface area contributed by atoms with Gasteiger partial charge in [-0.25, -0.2) is 0 Å². The second-order valence-electron chi connectivity index (χ2n) is 3.75. The maximum Gasteiger partial charge on any atom is 0.310 e. The largest absolute Gasteiger partial charge is 0.466 e. The number of hydrogen-bond donors (Lipinski definition) is 0. The standard InChI is InChI=1S/C12H19NO2/c1-3-5-8-13-9-6-7-11(10-13)12(14)15-4-2/h11H,4,6-10H2,1-2H3. The molecule has 84 valence electrons. The number of esters is 1. The van der Waals surface area contributed by atoms with Crippen molar-refractivity contribution in [2.45, 2.75) is 26.7 Å². The first kappa shape index (κ1) is 12.1. The lowest BCUT2D eigenvalue weighted by atomic mass is 9.98. The van der Waals surface area contributed by atoms with E-state index in [1.54, 1.807) is 0 Å². The van der Waals surface area contributed by atoms with Gasteiger partial charge in [-0.3, -0.25) is 9.69 Å². The summed E-state index contributed by atoms with van der Waals surface area (Å²) in [5.74, 6) is 5.91. The van der Waals surface area contributed by atoms with E-state index in [1.807, 2.05) is 13.8 Å². The summed E-state index contributed by atoms with van der Waals surface area (Å²) in [6.07, 6.45) is 2.02. The van der Waals surface area contributed by atoms with Gasteiger partial charge in [0.2, 0.25) is 0 Å². The minimum Gasteiger partial charge on any atom is -0.466 e. The van der Waals surface area contributed by atoms with Crippen molar-refractivity contribution in [3.63, 3.8) is 0 Å².